The molecule has 1 aromatic rings. The lowest BCUT2D eigenvalue weighted by atomic mass is 9.43. The topological polar surface area (TPSA) is 72.8 Å². The average Bonchev–Trinajstić information content (AvgIpc) is 3.16. The third-order valence-corrected chi connectivity index (χ3v) is 10.3. The summed E-state index contributed by atoms with van der Waals surface area (Å²) < 4.78 is 12.0. The van der Waals surface area contributed by atoms with Gasteiger partial charge in [-0.3, -0.25) is 4.79 Å². The maximum Gasteiger partial charge on any atom is 0.344 e. The minimum absolute atomic E-state index is 0.0297. The first-order valence-corrected chi connectivity index (χ1v) is 13.1. The quantitative estimate of drug-likeness (QED) is 0.575. The Bertz CT molecular complexity index is 942. The van der Waals surface area contributed by atoms with Crippen molar-refractivity contribution in [1.82, 2.24) is 0 Å². The van der Waals surface area contributed by atoms with Crippen LogP contribution in [0.2, 0.25) is 0 Å². The number of esters is 1. The molecular formula is C29H42O5. The summed E-state index contributed by atoms with van der Waals surface area (Å²) in [5.41, 5.74) is -0.0243. The molecule has 0 heterocycles. The SMILES string of the molecule is CC[C@]1(C)C[C@@H](OC(=O)COc2cccc(C)c2)[C@]2(C)C(C)CCC3(CCC(=O)C32)[C@@H](C)[C@@H]1O. The van der Waals surface area contributed by atoms with Gasteiger partial charge in [0.15, 0.2) is 6.61 Å². The Kier molecular flexibility index (Phi) is 6.65. The smallest absolute Gasteiger partial charge is 0.344 e. The number of hydrogen-bond donors (Lipinski definition) is 1. The molecule has 3 aliphatic carbocycles. The summed E-state index contributed by atoms with van der Waals surface area (Å²) in [5, 5.41) is 11.6. The van der Waals surface area contributed by atoms with Crippen molar-refractivity contribution in [3.63, 3.8) is 0 Å². The van der Waals surface area contributed by atoms with E-state index in [0.717, 1.165) is 31.2 Å². The molecule has 3 saturated carbocycles. The number of aliphatic hydroxyl groups is 1. The normalized spacial score (nSPS) is 41.9. The van der Waals surface area contributed by atoms with Crippen molar-refractivity contribution < 1.29 is 24.2 Å². The molecule has 0 spiro atoms. The van der Waals surface area contributed by atoms with Gasteiger partial charge in [0.05, 0.1) is 6.10 Å². The van der Waals surface area contributed by atoms with Gasteiger partial charge in [-0.2, -0.15) is 0 Å². The Hall–Kier alpha value is -1.88. The predicted octanol–water partition coefficient (Wildman–Crippen LogP) is 5.50. The van der Waals surface area contributed by atoms with Gasteiger partial charge in [0, 0.05) is 17.8 Å². The van der Waals surface area contributed by atoms with E-state index >= 15 is 0 Å². The highest BCUT2D eigenvalue weighted by Crippen LogP contribution is 2.68. The lowest BCUT2D eigenvalue weighted by molar-refractivity contribution is -0.213. The average molecular weight is 471 g/mol. The van der Waals surface area contributed by atoms with E-state index in [2.05, 4.69) is 34.6 Å². The zero-order chi connectivity index (χ0) is 24.9. The molecule has 0 saturated heterocycles. The Balaban J connectivity index is 1.68. The van der Waals surface area contributed by atoms with E-state index in [9.17, 15) is 14.7 Å². The molecule has 2 bridgehead atoms. The largest absolute Gasteiger partial charge is 0.482 e. The Morgan fingerprint density at radius 1 is 1.21 bits per heavy atom. The van der Waals surface area contributed by atoms with E-state index < -0.39 is 29.0 Å². The van der Waals surface area contributed by atoms with Crippen LogP contribution in [0.25, 0.3) is 0 Å². The van der Waals surface area contributed by atoms with Gasteiger partial charge in [-0.05, 0) is 79.4 Å². The highest BCUT2D eigenvalue weighted by molar-refractivity contribution is 5.85. The number of hydrogen-bond acceptors (Lipinski definition) is 5. The lowest BCUT2D eigenvalue weighted by Crippen LogP contribution is -2.63. The van der Waals surface area contributed by atoms with Crippen molar-refractivity contribution in [3.8, 4) is 5.75 Å². The predicted molar refractivity (Wildman–Crippen MR) is 131 cm³/mol. The van der Waals surface area contributed by atoms with Gasteiger partial charge >= 0.3 is 5.97 Å². The maximum absolute atomic E-state index is 13.4. The van der Waals surface area contributed by atoms with Crippen molar-refractivity contribution >= 4 is 11.8 Å². The minimum atomic E-state index is -0.548. The number of ketones is 1. The zero-order valence-corrected chi connectivity index (χ0v) is 21.7. The van der Waals surface area contributed by atoms with Crippen LogP contribution in [-0.2, 0) is 14.3 Å². The van der Waals surface area contributed by atoms with Crippen LogP contribution in [0.15, 0.2) is 24.3 Å². The molecule has 3 fully saturated rings. The molecule has 5 heteroatoms. The van der Waals surface area contributed by atoms with Gasteiger partial charge in [-0.25, -0.2) is 4.79 Å². The summed E-state index contributed by atoms with van der Waals surface area (Å²) in [7, 11) is 0. The van der Waals surface area contributed by atoms with Crippen LogP contribution >= 0.6 is 0 Å². The summed E-state index contributed by atoms with van der Waals surface area (Å²) in [6.45, 7) is 12.6. The van der Waals surface area contributed by atoms with Gasteiger partial charge in [0.25, 0.3) is 0 Å². The van der Waals surface area contributed by atoms with Crippen molar-refractivity contribution in [2.45, 2.75) is 92.3 Å². The van der Waals surface area contributed by atoms with Crippen molar-refractivity contribution in [2.75, 3.05) is 6.61 Å². The lowest BCUT2D eigenvalue weighted by Gasteiger charge is -2.62. The second kappa shape index (κ2) is 8.96. The fourth-order valence-corrected chi connectivity index (χ4v) is 7.75. The molecule has 8 atom stereocenters. The highest BCUT2D eigenvalue weighted by atomic mass is 16.6. The summed E-state index contributed by atoms with van der Waals surface area (Å²) in [6, 6.07) is 7.60. The molecule has 4 rings (SSSR count). The number of carbonyl (C=O) groups is 2. The van der Waals surface area contributed by atoms with E-state index in [4.69, 9.17) is 9.47 Å². The molecule has 0 aliphatic heterocycles. The van der Waals surface area contributed by atoms with Crippen molar-refractivity contribution in [1.29, 1.82) is 0 Å². The van der Waals surface area contributed by atoms with Gasteiger partial charge in [-0.1, -0.05) is 46.8 Å². The van der Waals surface area contributed by atoms with Gasteiger partial charge in [0.2, 0.25) is 0 Å². The number of ether oxygens (including phenoxy) is 2. The maximum atomic E-state index is 13.4. The standard InChI is InChI=1S/C29H42O5/c1-7-27(5)16-23(34-24(31)17-33-21-10-8-9-18(2)15-21)28(6)19(3)11-13-29(20(4)26(27)32)14-12-22(30)25(28)29/h8-10,15,19-20,23,25-26,32H,7,11-14,16-17H2,1-6H3/t19?,20-,23+,25?,26-,27+,28-,29?/m0/s1. The molecule has 188 valence electrons. The van der Waals surface area contributed by atoms with E-state index in [0.29, 0.717) is 18.6 Å². The molecule has 0 amide bonds. The summed E-state index contributed by atoms with van der Waals surface area (Å²) >= 11 is 0. The first-order chi connectivity index (χ1) is 16.0. The van der Waals surface area contributed by atoms with Gasteiger partial charge in [-0.15, -0.1) is 0 Å². The first kappa shape index (κ1) is 25.2. The fraction of sp³-hybridized carbons (Fsp3) is 0.724. The molecule has 0 aromatic heterocycles. The molecule has 34 heavy (non-hydrogen) atoms. The van der Waals surface area contributed by atoms with Crippen LogP contribution in [0, 0.1) is 40.9 Å². The van der Waals surface area contributed by atoms with Crippen molar-refractivity contribution in [3.05, 3.63) is 29.8 Å². The third kappa shape index (κ3) is 3.88. The van der Waals surface area contributed by atoms with Gasteiger partial charge < -0.3 is 14.6 Å². The van der Waals surface area contributed by atoms with Crippen LogP contribution in [-0.4, -0.2) is 35.7 Å². The monoisotopic (exact) mass is 470 g/mol. The first-order valence-electron chi connectivity index (χ1n) is 13.1. The van der Waals surface area contributed by atoms with E-state index in [-0.39, 0.29) is 35.6 Å². The molecule has 3 unspecified atom stereocenters. The highest BCUT2D eigenvalue weighted by Gasteiger charge is 2.68. The van der Waals surface area contributed by atoms with Crippen LogP contribution in [0.4, 0.5) is 0 Å². The molecule has 5 nitrogen and oxygen atoms in total. The van der Waals surface area contributed by atoms with Crippen molar-refractivity contribution in [2.24, 2.45) is 34.0 Å². The van der Waals surface area contributed by atoms with Gasteiger partial charge in [0.1, 0.15) is 17.6 Å². The Morgan fingerprint density at radius 2 is 1.94 bits per heavy atom. The second-order valence-corrected chi connectivity index (χ2v) is 12.0. The minimum Gasteiger partial charge on any atom is -0.482 e. The zero-order valence-electron chi connectivity index (χ0n) is 21.7. The summed E-state index contributed by atoms with van der Waals surface area (Å²) in [6.07, 6.45) is 3.65. The van der Waals surface area contributed by atoms with Crippen LogP contribution in [0.1, 0.15) is 78.7 Å². The summed E-state index contributed by atoms with van der Waals surface area (Å²) in [4.78, 5) is 26.5. The molecular weight excluding hydrogens is 428 g/mol. The number of aryl methyl sites for hydroxylation is 1. The van der Waals surface area contributed by atoms with Crippen LogP contribution in [0.5, 0.6) is 5.75 Å². The van der Waals surface area contributed by atoms with E-state index in [1.165, 1.54) is 0 Å². The molecule has 1 N–H and O–H groups in total. The second-order valence-electron chi connectivity index (χ2n) is 12.0. The number of rotatable bonds is 5. The number of aliphatic hydroxyl groups excluding tert-OH is 1. The Morgan fingerprint density at radius 3 is 2.62 bits per heavy atom. The number of carbonyl (C=O) groups excluding carboxylic acids is 2. The van der Waals surface area contributed by atoms with E-state index in [1.54, 1.807) is 0 Å². The Labute approximate surface area is 204 Å². The number of benzene rings is 1. The molecule has 0 radical (unpaired) electrons. The van der Waals surface area contributed by atoms with Crippen LogP contribution in [0.3, 0.4) is 0 Å². The summed E-state index contributed by atoms with van der Waals surface area (Å²) in [5.74, 6) is 0.590. The third-order valence-electron chi connectivity index (χ3n) is 10.3. The number of Topliss-reactive ketones (excluding diaryl/α,β-unsaturated/α-hetero) is 1. The fourth-order valence-electron chi connectivity index (χ4n) is 7.75. The van der Waals surface area contributed by atoms with E-state index in [1.807, 2.05) is 31.2 Å². The molecule has 1 aromatic carbocycles. The van der Waals surface area contributed by atoms with Crippen LogP contribution < -0.4 is 4.74 Å². The molecule has 3 aliphatic rings.